The molecule has 2 aromatic rings. The monoisotopic (exact) mass is 348 g/mol. The number of benzene rings is 2. The van der Waals surface area contributed by atoms with Crippen LogP contribution < -0.4 is 10.2 Å². The van der Waals surface area contributed by atoms with Crippen molar-refractivity contribution in [3.05, 3.63) is 59.1 Å². The van der Waals surface area contributed by atoms with Gasteiger partial charge in [-0.1, -0.05) is 23.7 Å². The van der Waals surface area contributed by atoms with Crippen LogP contribution in [0.1, 0.15) is 12.0 Å². The first-order valence-electron chi connectivity index (χ1n) is 7.02. The molecule has 0 radical (unpaired) electrons. The van der Waals surface area contributed by atoms with Crippen LogP contribution in [-0.2, 0) is 4.79 Å². The minimum Gasteiger partial charge on any atom is -0.497 e. The Hall–Kier alpha value is -1.98. The van der Waals surface area contributed by atoms with Gasteiger partial charge in [0.1, 0.15) is 5.75 Å². The molecule has 0 bridgehead atoms. The number of hydrogen-bond acceptors (Lipinski definition) is 4. The normalized spacial score (nSPS) is 10.7. The van der Waals surface area contributed by atoms with Crippen LogP contribution in [0.3, 0.4) is 0 Å². The fraction of sp³-hybridized carbons (Fsp3) is 0.176. The van der Waals surface area contributed by atoms with Crippen LogP contribution in [0.2, 0.25) is 5.02 Å². The third kappa shape index (κ3) is 6.34. The lowest BCUT2D eigenvalue weighted by Gasteiger charge is -2.02. The molecule has 0 fully saturated rings. The Morgan fingerprint density at radius 3 is 2.83 bits per heavy atom. The fourth-order valence-electron chi connectivity index (χ4n) is 1.75. The molecule has 0 spiro atoms. The van der Waals surface area contributed by atoms with Gasteiger partial charge in [-0.05, 0) is 42.0 Å². The van der Waals surface area contributed by atoms with E-state index in [2.05, 4.69) is 10.5 Å². The van der Waals surface area contributed by atoms with E-state index in [-0.39, 0.29) is 5.91 Å². The van der Waals surface area contributed by atoms with Crippen molar-refractivity contribution in [1.82, 2.24) is 5.43 Å². The number of nitrogens with zero attached hydrogens (tertiary/aromatic N) is 1. The van der Waals surface area contributed by atoms with E-state index in [0.29, 0.717) is 17.2 Å². The summed E-state index contributed by atoms with van der Waals surface area (Å²) < 4.78 is 5.12. The number of amides is 1. The molecule has 4 nitrogen and oxygen atoms in total. The number of thioether (sulfide) groups is 1. The Morgan fingerprint density at radius 1 is 1.30 bits per heavy atom. The Kier molecular flexibility index (Phi) is 6.97. The van der Waals surface area contributed by atoms with Gasteiger partial charge in [-0.25, -0.2) is 5.43 Å². The summed E-state index contributed by atoms with van der Waals surface area (Å²) in [6.07, 6.45) is 1.98. The third-order valence-electron chi connectivity index (χ3n) is 2.91. The van der Waals surface area contributed by atoms with Crippen LogP contribution in [0.5, 0.6) is 5.75 Å². The van der Waals surface area contributed by atoms with Gasteiger partial charge in [-0.15, -0.1) is 11.8 Å². The summed E-state index contributed by atoms with van der Waals surface area (Å²) >= 11 is 7.43. The Balaban J connectivity index is 1.72. The van der Waals surface area contributed by atoms with Crippen LogP contribution in [-0.4, -0.2) is 25.0 Å². The molecule has 120 valence electrons. The van der Waals surface area contributed by atoms with Gasteiger partial charge in [0.25, 0.3) is 0 Å². The Labute approximate surface area is 144 Å². The summed E-state index contributed by atoms with van der Waals surface area (Å²) in [7, 11) is 1.61. The van der Waals surface area contributed by atoms with Gasteiger partial charge >= 0.3 is 0 Å². The van der Waals surface area contributed by atoms with Crippen LogP contribution >= 0.6 is 23.4 Å². The largest absolute Gasteiger partial charge is 0.497 e. The summed E-state index contributed by atoms with van der Waals surface area (Å²) in [5.41, 5.74) is 3.38. The second kappa shape index (κ2) is 9.22. The maximum atomic E-state index is 11.7. The average Bonchev–Trinajstić information content (AvgIpc) is 2.57. The van der Waals surface area contributed by atoms with E-state index >= 15 is 0 Å². The number of nitrogens with one attached hydrogen (secondary N) is 1. The highest BCUT2D eigenvalue weighted by Crippen LogP contribution is 2.20. The van der Waals surface area contributed by atoms with Gasteiger partial charge in [-0.3, -0.25) is 4.79 Å². The minimum absolute atomic E-state index is 0.120. The maximum absolute atomic E-state index is 11.7. The number of carbonyl (C=O) groups excluding carboxylic acids is 1. The first-order chi connectivity index (χ1) is 11.2. The average molecular weight is 349 g/mol. The van der Waals surface area contributed by atoms with Crippen LogP contribution in [0.4, 0.5) is 0 Å². The van der Waals surface area contributed by atoms with E-state index in [1.807, 2.05) is 48.5 Å². The first-order valence-corrected chi connectivity index (χ1v) is 8.38. The molecule has 0 aliphatic heterocycles. The van der Waals surface area contributed by atoms with Crippen molar-refractivity contribution < 1.29 is 9.53 Å². The third-order valence-corrected chi connectivity index (χ3v) is 4.17. The van der Waals surface area contributed by atoms with E-state index in [4.69, 9.17) is 16.3 Å². The summed E-state index contributed by atoms with van der Waals surface area (Å²) in [6.45, 7) is 0. The second-order valence-corrected chi connectivity index (χ2v) is 6.23. The fourth-order valence-corrected chi connectivity index (χ4v) is 2.73. The molecule has 0 aliphatic rings. The van der Waals surface area contributed by atoms with Crippen molar-refractivity contribution in [3.8, 4) is 5.75 Å². The minimum atomic E-state index is -0.120. The molecular weight excluding hydrogens is 332 g/mol. The van der Waals surface area contributed by atoms with Gasteiger partial charge in [0.05, 0.1) is 13.3 Å². The number of ether oxygens (including phenoxy) is 1. The van der Waals surface area contributed by atoms with Gasteiger partial charge in [0.15, 0.2) is 0 Å². The molecule has 2 rings (SSSR count). The first kappa shape index (κ1) is 17.4. The van der Waals surface area contributed by atoms with Crippen molar-refractivity contribution >= 4 is 35.5 Å². The zero-order chi connectivity index (χ0) is 16.5. The van der Waals surface area contributed by atoms with Gasteiger partial charge in [0.2, 0.25) is 5.91 Å². The van der Waals surface area contributed by atoms with E-state index in [9.17, 15) is 4.79 Å². The second-order valence-electron chi connectivity index (χ2n) is 4.62. The molecule has 1 N–H and O–H groups in total. The standard InChI is InChI=1S/C17H17ClN2O2S/c1-22-15-4-2-3-13(11-15)12-19-20-17(21)9-10-23-16-7-5-14(18)6-8-16/h2-8,11-12H,9-10H2,1H3,(H,20,21)/b19-12-. The summed E-state index contributed by atoms with van der Waals surface area (Å²) in [5.74, 6) is 1.31. The predicted octanol–water partition coefficient (Wildman–Crippen LogP) is 3.98. The smallest absolute Gasteiger partial charge is 0.240 e. The molecule has 0 heterocycles. The highest BCUT2D eigenvalue weighted by molar-refractivity contribution is 7.99. The Bertz CT molecular complexity index is 675. The summed E-state index contributed by atoms with van der Waals surface area (Å²) in [5, 5.41) is 4.65. The lowest BCUT2D eigenvalue weighted by Crippen LogP contribution is -2.17. The number of hydrogen-bond donors (Lipinski definition) is 1. The molecule has 6 heteroatoms. The Morgan fingerprint density at radius 2 is 2.09 bits per heavy atom. The summed E-state index contributed by atoms with van der Waals surface area (Å²) in [6, 6.07) is 15.0. The molecule has 23 heavy (non-hydrogen) atoms. The summed E-state index contributed by atoms with van der Waals surface area (Å²) in [4.78, 5) is 12.8. The lowest BCUT2D eigenvalue weighted by atomic mass is 10.2. The van der Waals surface area contributed by atoms with E-state index in [0.717, 1.165) is 16.2 Å². The molecule has 0 aliphatic carbocycles. The lowest BCUT2D eigenvalue weighted by molar-refractivity contribution is -0.120. The van der Waals surface area contributed by atoms with Gasteiger partial charge in [0, 0.05) is 22.1 Å². The molecule has 1 amide bonds. The molecule has 2 aromatic carbocycles. The SMILES string of the molecule is COc1cccc(/C=N\NC(=O)CCSc2ccc(Cl)cc2)c1. The molecule has 0 aromatic heterocycles. The highest BCUT2D eigenvalue weighted by Gasteiger charge is 2.01. The van der Waals surface area contributed by atoms with E-state index in [1.54, 1.807) is 25.1 Å². The number of rotatable bonds is 7. The predicted molar refractivity (Wildman–Crippen MR) is 95.5 cm³/mol. The van der Waals surface area contributed by atoms with Crippen molar-refractivity contribution in [3.63, 3.8) is 0 Å². The maximum Gasteiger partial charge on any atom is 0.240 e. The van der Waals surface area contributed by atoms with Crippen LogP contribution in [0, 0.1) is 0 Å². The zero-order valence-electron chi connectivity index (χ0n) is 12.7. The van der Waals surface area contributed by atoms with Crippen LogP contribution in [0.15, 0.2) is 58.5 Å². The number of hydrazone groups is 1. The molecule has 0 saturated carbocycles. The van der Waals surface area contributed by atoms with Crippen molar-refractivity contribution in [2.75, 3.05) is 12.9 Å². The molecular formula is C17H17ClN2O2S. The van der Waals surface area contributed by atoms with E-state index < -0.39 is 0 Å². The van der Waals surface area contributed by atoms with Gasteiger partial charge in [-0.2, -0.15) is 5.10 Å². The van der Waals surface area contributed by atoms with E-state index in [1.165, 1.54) is 0 Å². The topological polar surface area (TPSA) is 50.7 Å². The molecule has 0 unspecified atom stereocenters. The molecule has 0 saturated heterocycles. The van der Waals surface area contributed by atoms with Crippen molar-refractivity contribution in [2.45, 2.75) is 11.3 Å². The molecule has 0 atom stereocenters. The van der Waals surface area contributed by atoms with Crippen molar-refractivity contribution in [1.29, 1.82) is 0 Å². The zero-order valence-corrected chi connectivity index (χ0v) is 14.2. The number of halogens is 1. The quantitative estimate of drug-likeness (QED) is 0.467. The van der Waals surface area contributed by atoms with Gasteiger partial charge < -0.3 is 4.74 Å². The number of carbonyl (C=O) groups is 1. The van der Waals surface area contributed by atoms with Crippen molar-refractivity contribution in [2.24, 2.45) is 5.10 Å². The number of methoxy groups -OCH3 is 1. The van der Waals surface area contributed by atoms with Crippen LogP contribution in [0.25, 0.3) is 0 Å². The highest BCUT2D eigenvalue weighted by atomic mass is 35.5.